The summed E-state index contributed by atoms with van der Waals surface area (Å²) < 4.78 is 5.16. The summed E-state index contributed by atoms with van der Waals surface area (Å²) in [5.74, 6) is 0.136. The Balaban J connectivity index is 1.56. The predicted molar refractivity (Wildman–Crippen MR) is 66.2 cm³/mol. The van der Waals surface area contributed by atoms with Gasteiger partial charge in [0, 0.05) is 32.7 Å². The lowest BCUT2D eigenvalue weighted by molar-refractivity contribution is -0.129. The van der Waals surface area contributed by atoms with Crippen molar-refractivity contribution >= 4 is 11.9 Å². The van der Waals surface area contributed by atoms with Crippen LogP contribution in [0.4, 0.5) is 4.79 Å². The van der Waals surface area contributed by atoms with Crippen LogP contribution in [0.2, 0.25) is 0 Å². The van der Waals surface area contributed by atoms with Crippen LogP contribution in [0.3, 0.4) is 0 Å². The summed E-state index contributed by atoms with van der Waals surface area (Å²) in [5, 5.41) is 5.53. The standard InChI is InChI=1S/C12H21N3O3/c16-11(15-6-1-2-7-15)3-5-13-12(17)14-10-4-8-18-9-10/h10H,1-9H2,(H2,13,14,17). The molecular weight excluding hydrogens is 234 g/mol. The molecule has 6 heteroatoms. The van der Waals surface area contributed by atoms with E-state index >= 15 is 0 Å². The Kier molecular flexibility index (Phi) is 4.81. The summed E-state index contributed by atoms with van der Waals surface area (Å²) in [6, 6.07) is -0.0981. The van der Waals surface area contributed by atoms with Gasteiger partial charge in [-0.3, -0.25) is 4.79 Å². The molecule has 0 radical (unpaired) electrons. The van der Waals surface area contributed by atoms with Gasteiger partial charge < -0.3 is 20.3 Å². The molecule has 2 rings (SSSR count). The fourth-order valence-corrected chi connectivity index (χ4v) is 2.29. The average molecular weight is 255 g/mol. The van der Waals surface area contributed by atoms with Gasteiger partial charge in [0.2, 0.25) is 5.91 Å². The molecule has 2 fully saturated rings. The van der Waals surface area contributed by atoms with Crippen LogP contribution in [0.1, 0.15) is 25.7 Å². The van der Waals surface area contributed by atoms with Crippen LogP contribution in [0.25, 0.3) is 0 Å². The summed E-state index contributed by atoms with van der Waals surface area (Å²) in [5.41, 5.74) is 0. The smallest absolute Gasteiger partial charge is 0.315 e. The molecule has 1 atom stereocenters. The first-order chi connectivity index (χ1) is 8.75. The monoisotopic (exact) mass is 255 g/mol. The zero-order valence-corrected chi connectivity index (χ0v) is 10.6. The van der Waals surface area contributed by atoms with Crippen molar-refractivity contribution in [1.82, 2.24) is 15.5 Å². The lowest BCUT2D eigenvalue weighted by atomic mass is 10.3. The third-order valence-corrected chi connectivity index (χ3v) is 3.35. The molecule has 0 aromatic rings. The number of carbonyl (C=O) groups is 2. The molecule has 1 unspecified atom stereocenters. The van der Waals surface area contributed by atoms with E-state index in [1.807, 2.05) is 4.90 Å². The second kappa shape index (κ2) is 6.58. The van der Waals surface area contributed by atoms with Crippen molar-refractivity contribution in [2.24, 2.45) is 0 Å². The number of likely N-dealkylation sites (tertiary alicyclic amines) is 1. The van der Waals surface area contributed by atoms with Gasteiger partial charge in [-0.25, -0.2) is 4.79 Å². The molecule has 0 saturated carbocycles. The van der Waals surface area contributed by atoms with Crippen molar-refractivity contribution in [3.05, 3.63) is 0 Å². The fourth-order valence-electron chi connectivity index (χ4n) is 2.29. The van der Waals surface area contributed by atoms with Crippen molar-refractivity contribution in [1.29, 1.82) is 0 Å². The fraction of sp³-hybridized carbons (Fsp3) is 0.833. The number of nitrogens with one attached hydrogen (secondary N) is 2. The Bertz CT molecular complexity index is 297. The Labute approximate surface area is 107 Å². The van der Waals surface area contributed by atoms with E-state index in [0.29, 0.717) is 26.2 Å². The van der Waals surface area contributed by atoms with Gasteiger partial charge in [-0.05, 0) is 19.3 Å². The number of hydrogen-bond donors (Lipinski definition) is 2. The maximum Gasteiger partial charge on any atom is 0.315 e. The number of carbonyl (C=O) groups excluding carboxylic acids is 2. The summed E-state index contributed by atoms with van der Waals surface area (Å²) in [6.07, 6.45) is 3.44. The third-order valence-electron chi connectivity index (χ3n) is 3.35. The zero-order chi connectivity index (χ0) is 12.8. The molecule has 0 aromatic carbocycles. The predicted octanol–water partition coefficient (Wildman–Crippen LogP) is 0.0870. The molecule has 2 saturated heterocycles. The molecule has 2 aliphatic heterocycles. The van der Waals surface area contributed by atoms with Gasteiger partial charge in [-0.15, -0.1) is 0 Å². The lowest BCUT2D eigenvalue weighted by Gasteiger charge is -2.16. The first-order valence-corrected chi connectivity index (χ1v) is 6.65. The molecular formula is C12H21N3O3. The number of ether oxygens (including phenoxy) is 1. The Morgan fingerprint density at radius 3 is 2.72 bits per heavy atom. The number of amides is 3. The molecule has 0 aliphatic carbocycles. The van der Waals surface area contributed by atoms with E-state index < -0.39 is 0 Å². The lowest BCUT2D eigenvalue weighted by Crippen LogP contribution is -2.43. The quantitative estimate of drug-likeness (QED) is 0.748. The number of hydrogen-bond acceptors (Lipinski definition) is 3. The van der Waals surface area contributed by atoms with Gasteiger partial charge in [0.1, 0.15) is 0 Å². The maximum atomic E-state index is 11.7. The summed E-state index contributed by atoms with van der Waals surface area (Å²) >= 11 is 0. The molecule has 0 bridgehead atoms. The minimum atomic E-state index is -0.209. The first kappa shape index (κ1) is 13.1. The van der Waals surface area contributed by atoms with Crippen LogP contribution in [-0.4, -0.2) is 55.7 Å². The number of rotatable bonds is 4. The van der Waals surface area contributed by atoms with Gasteiger partial charge >= 0.3 is 6.03 Å². The number of nitrogens with zero attached hydrogens (tertiary/aromatic N) is 1. The van der Waals surface area contributed by atoms with Crippen molar-refractivity contribution in [2.75, 3.05) is 32.8 Å². The molecule has 0 spiro atoms. The van der Waals surface area contributed by atoms with Crippen LogP contribution >= 0.6 is 0 Å². The van der Waals surface area contributed by atoms with Crippen molar-refractivity contribution < 1.29 is 14.3 Å². The second-order valence-corrected chi connectivity index (χ2v) is 4.80. The molecule has 3 amide bonds. The van der Waals surface area contributed by atoms with E-state index in [0.717, 1.165) is 32.4 Å². The van der Waals surface area contributed by atoms with Crippen LogP contribution < -0.4 is 10.6 Å². The number of urea groups is 1. The maximum absolute atomic E-state index is 11.7. The molecule has 2 aliphatic rings. The average Bonchev–Trinajstić information content (AvgIpc) is 3.00. The van der Waals surface area contributed by atoms with Gasteiger partial charge in [0.25, 0.3) is 0 Å². The Morgan fingerprint density at radius 2 is 2.06 bits per heavy atom. The molecule has 102 valence electrons. The summed E-state index contributed by atoms with van der Waals surface area (Å²) in [4.78, 5) is 25.1. The molecule has 18 heavy (non-hydrogen) atoms. The topological polar surface area (TPSA) is 70.7 Å². The minimum absolute atomic E-state index is 0.110. The highest BCUT2D eigenvalue weighted by atomic mass is 16.5. The van der Waals surface area contributed by atoms with Gasteiger partial charge in [0.15, 0.2) is 0 Å². The van der Waals surface area contributed by atoms with E-state index in [-0.39, 0.29) is 18.0 Å². The highest BCUT2D eigenvalue weighted by molar-refractivity contribution is 5.78. The van der Waals surface area contributed by atoms with Gasteiger partial charge in [-0.1, -0.05) is 0 Å². The second-order valence-electron chi connectivity index (χ2n) is 4.80. The zero-order valence-electron chi connectivity index (χ0n) is 10.6. The van der Waals surface area contributed by atoms with Crippen LogP contribution in [0.5, 0.6) is 0 Å². The van der Waals surface area contributed by atoms with E-state index in [2.05, 4.69) is 10.6 Å². The van der Waals surface area contributed by atoms with Crippen molar-refractivity contribution in [2.45, 2.75) is 31.7 Å². The molecule has 6 nitrogen and oxygen atoms in total. The molecule has 2 heterocycles. The highest BCUT2D eigenvalue weighted by Crippen LogP contribution is 2.08. The summed E-state index contributed by atoms with van der Waals surface area (Å²) in [7, 11) is 0. The van der Waals surface area contributed by atoms with E-state index in [1.165, 1.54) is 0 Å². The van der Waals surface area contributed by atoms with Gasteiger partial charge in [0.05, 0.1) is 12.6 Å². The van der Waals surface area contributed by atoms with E-state index in [1.54, 1.807) is 0 Å². The van der Waals surface area contributed by atoms with Crippen LogP contribution in [0, 0.1) is 0 Å². The van der Waals surface area contributed by atoms with Crippen LogP contribution in [-0.2, 0) is 9.53 Å². The summed E-state index contributed by atoms with van der Waals surface area (Å²) in [6.45, 7) is 3.42. The Morgan fingerprint density at radius 1 is 1.28 bits per heavy atom. The van der Waals surface area contributed by atoms with E-state index in [9.17, 15) is 9.59 Å². The minimum Gasteiger partial charge on any atom is -0.379 e. The van der Waals surface area contributed by atoms with E-state index in [4.69, 9.17) is 4.74 Å². The third kappa shape index (κ3) is 3.87. The van der Waals surface area contributed by atoms with Gasteiger partial charge in [-0.2, -0.15) is 0 Å². The first-order valence-electron chi connectivity index (χ1n) is 6.65. The molecule has 0 aromatic heterocycles. The van der Waals surface area contributed by atoms with Crippen molar-refractivity contribution in [3.8, 4) is 0 Å². The highest BCUT2D eigenvalue weighted by Gasteiger charge is 2.19. The largest absolute Gasteiger partial charge is 0.379 e. The Hall–Kier alpha value is -1.30. The van der Waals surface area contributed by atoms with Crippen LogP contribution in [0.15, 0.2) is 0 Å². The van der Waals surface area contributed by atoms with Crippen molar-refractivity contribution in [3.63, 3.8) is 0 Å². The SMILES string of the molecule is O=C(NCCC(=O)N1CCCC1)NC1CCOC1. The normalized spacial score (nSPS) is 23.1. The molecule has 2 N–H and O–H groups in total.